The molecule has 0 aliphatic heterocycles. The van der Waals surface area contributed by atoms with Crippen LogP contribution in [0.15, 0.2) is 61.1 Å². The van der Waals surface area contributed by atoms with Crippen LogP contribution in [0.2, 0.25) is 0 Å². The lowest BCUT2D eigenvalue weighted by Gasteiger charge is -2.04. The number of para-hydroxylation sites is 1. The predicted octanol–water partition coefficient (Wildman–Crippen LogP) is 3.08. The Bertz CT molecular complexity index is 596. The van der Waals surface area contributed by atoms with Crippen LogP contribution in [0, 0.1) is 0 Å². The van der Waals surface area contributed by atoms with Gasteiger partial charge in [0, 0.05) is 30.7 Å². The van der Waals surface area contributed by atoms with Crippen molar-refractivity contribution in [1.82, 2.24) is 9.55 Å². The summed E-state index contributed by atoms with van der Waals surface area (Å²) in [6.07, 6.45) is 5.84. The molecular weight excluding hydrogens is 196 g/mol. The number of fused-ring (bicyclic) bond motifs is 1. The number of hydrogen-bond donors (Lipinski definition) is 0. The molecule has 0 saturated carbocycles. The Hall–Kier alpha value is -2.09. The Labute approximate surface area is 94.2 Å². The van der Waals surface area contributed by atoms with Gasteiger partial charge >= 0.3 is 0 Å². The summed E-state index contributed by atoms with van der Waals surface area (Å²) in [5.74, 6) is 0. The van der Waals surface area contributed by atoms with Gasteiger partial charge in [-0.25, -0.2) is 0 Å². The maximum absolute atomic E-state index is 4.13. The van der Waals surface area contributed by atoms with Crippen LogP contribution >= 0.6 is 0 Å². The van der Waals surface area contributed by atoms with Gasteiger partial charge in [-0.1, -0.05) is 24.3 Å². The number of hydrogen-bond acceptors (Lipinski definition) is 1. The Kier molecular flexibility index (Phi) is 2.18. The Morgan fingerprint density at radius 3 is 2.81 bits per heavy atom. The second kappa shape index (κ2) is 3.81. The first kappa shape index (κ1) is 9.16. The summed E-state index contributed by atoms with van der Waals surface area (Å²) < 4.78 is 2.24. The first-order valence-electron chi connectivity index (χ1n) is 5.36. The minimum atomic E-state index is 0.876. The zero-order valence-electron chi connectivity index (χ0n) is 8.88. The van der Waals surface area contributed by atoms with Gasteiger partial charge in [0.2, 0.25) is 0 Å². The highest BCUT2D eigenvalue weighted by molar-refractivity contribution is 5.79. The molecule has 0 N–H and O–H groups in total. The highest BCUT2D eigenvalue weighted by Gasteiger charge is 2.00. The standard InChI is InChI=1S/C14H12N2/c1-2-6-14-13(5-1)7-9-16(14)11-12-4-3-8-15-10-12/h1-10H,11H2. The summed E-state index contributed by atoms with van der Waals surface area (Å²) in [7, 11) is 0. The summed E-state index contributed by atoms with van der Waals surface area (Å²) in [6, 6.07) is 14.6. The Balaban J connectivity index is 2.01. The maximum atomic E-state index is 4.13. The average Bonchev–Trinajstić information content (AvgIpc) is 2.74. The van der Waals surface area contributed by atoms with Gasteiger partial charge in [-0.05, 0) is 29.1 Å². The highest BCUT2D eigenvalue weighted by atomic mass is 14.9. The summed E-state index contributed by atoms with van der Waals surface area (Å²) in [5.41, 5.74) is 2.50. The van der Waals surface area contributed by atoms with E-state index in [2.05, 4.69) is 52.1 Å². The molecule has 0 spiro atoms. The lowest BCUT2D eigenvalue weighted by atomic mass is 10.2. The molecule has 0 aliphatic rings. The Morgan fingerprint density at radius 1 is 1.00 bits per heavy atom. The van der Waals surface area contributed by atoms with E-state index in [-0.39, 0.29) is 0 Å². The van der Waals surface area contributed by atoms with Crippen LogP contribution in [0.25, 0.3) is 10.9 Å². The van der Waals surface area contributed by atoms with E-state index in [1.54, 1.807) is 6.20 Å². The van der Waals surface area contributed by atoms with Gasteiger partial charge in [0.1, 0.15) is 0 Å². The molecule has 2 heteroatoms. The molecule has 0 fully saturated rings. The van der Waals surface area contributed by atoms with Crippen LogP contribution in [-0.4, -0.2) is 9.55 Å². The van der Waals surface area contributed by atoms with Crippen molar-refractivity contribution in [3.05, 3.63) is 66.6 Å². The molecule has 2 nitrogen and oxygen atoms in total. The molecule has 0 unspecified atom stereocenters. The van der Waals surface area contributed by atoms with Gasteiger partial charge in [0.15, 0.2) is 0 Å². The number of pyridine rings is 1. The van der Waals surface area contributed by atoms with E-state index in [1.807, 2.05) is 12.3 Å². The monoisotopic (exact) mass is 208 g/mol. The van der Waals surface area contributed by atoms with Crippen LogP contribution in [0.1, 0.15) is 5.56 Å². The molecule has 0 amide bonds. The molecule has 3 aromatic rings. The molecule has 78 valence electrons. The largest absolute Gasteiger partial charge is 0.343 e. The van der Waals surface area contributed by atoms with E-state index in [9.17, 15) is 0 Å². The van der Waals surface area contributed by atoms with Crippen molar-refractivity contribution in [2.75, 3.05) is 0 Å². The number of aromatic nitrogens is 2. The average molecular weight is 208 g/mol. The van der Waals surface area contributed by atoms with Crippen molar-refractivity contribution in [1.29, 1.82) is 0 Å². The lowest BCUT2D eigenvalue weighted by molar-refractivity contribution is 0.831. The normalized spacial score (nSPS) is 10.8. The molecule has 2 aromatic heterocycles. The van der Waals surface area contributed by atoms with E-state index in [0.29, 0.717) is 0 Å². The molecule has 0 bridgehead atoms. The topological polar surface area (TPSA) is 17.8 Å². The third-order valence-corrected chi connectivity index (χ3v) is 2.76. The number of rotatable bonds is 2. The van der Waals surface area contributed by atoms with Crippen LogP contribution < -0.4 is 0 Å². The SMILES string of the molecule is c1cncc(Cn2ccc3ccccc32)c1. The summed E-state index contributed by atoms with van der Waals surface area (Å²) in [5, 5.41) is 1.28. The van der Waals surface area contributed by atoms with Gasteiger partial charge in [-0.3, -0.25) is 4.98 Å². The summed E-state index contributed by atoms with van der Waals surface area (Å²) in [4.78, 5) is 4.13. The van der Waals surface area contributed by atoms with Crippen molar-refractivity contribution in [3.63, 3.8) is 0 Å². The van der Waals surface area contributed by atoms with Crippen LogP contribution in [0.5, 0.6) is 0 Å². The fourth-order valence-electron chi connectivity index (χ4n) is 1.97. The molecule has 0 aliphatic carbocycles. The molecular formula is C14H12N2. The van der Waals surface area contributed by atoms with E-state index < -0.39 is 0 Å². The second-order valence-corrected chi connectivity index (χ2v) is 3.86. The molecule has 1 aromatic carbocycles. The van der Waals surface area contributed by atoms with Crippen LogP contribution in [0.3, 0.4) is 0 Å². The molecule has 0 atom stereocenters. The molecule has 16 heavy (non-hydrogen) atoms. The van der Waals surface area contributed by atoms with Crippen molar-refractivity contribution >= 4 is 10.9 Å². The van der Waals surface area contributed by atoms with E-state index in [4.69, 9.17) is 0 Å². The smallest absolute Gasteiger partial charge is 0.0491 e. The van der Waals surface area contributed by atoms with Crippen molar-refractivity contribution in [3.8, 4) is 0 Å². The first-order valence-corrected chi connectivity index (χ1v) is 5.36. The van der Waals surface area contributed by atoms with Crippen LogP contribution in [-0.2, 0) is 6.54 Å². The molecule has 0 saturated heterocycles. The van der Waals surface area contributed by atoms with Gasteiger partial charge < -0.3 is 4.57 Å². The molecule has 3 rings (SSSR count). The minimum absolute atomic E-state index is 0.876. The fourth-order valence-corrected chi connectivity index (χ4v) is 1.97. The quantitative estimate of drug-likeness (QED) is 0.632. The molecule has 0 radical (unpaired) electrons. The van der Waals surface area contributed by atoms with Crippen molar-refractivity contribution in [2.24, 2.45) is 0 Å². The van der Waals surface area contributed by atoms with Crippen molar-refractivity contribution < 1.29 is 0 Å². The third kappa shape index (κ3) is 1.58. The van der Waals surface area contributed by atoms with E-state index >= 15 is 0 Å². The third-order valence-electron chi connectivity index (χ3n) is 2.76. The predicted molar refractivity (Wildman–Crippen MR) is 65.3 cm³/mol. The number of benzene rings is 1. The number of nitrogens with zero attached hydrogens (tertiary/aromatic N) is 2. The second-order valence-electron chi connectivity index (χ2n) is 3.86. The highest BCUT2D eigenvalue weighted by Crippen LogP contribution is 2.16. The van der Waals surface area contributed by atoms with Gasteiger partial charge in [-0.2, -0.15) is 0 Å². The van der Waals surface area contributed by atoms with E-state index in [1.165, 1.54) is 16.5 Å². The van der Waals surface area contributed by atoms with Crippen LogP contribution in [0.4, 0.5) is 0 Å². The Morgan fingerprint density at radius 2 is 1.94 bits per heavy atom. The first-order chi connectivity index (χ1) is 7.93. The van der Waals surface area contributed by atoms with Crippen molar-refractivity contribution in [2.45, 2.75) is 6.54 Å². The summed E-state index contributed by atoms with van der Waals surface area (Å²) >= 11 is 0. The zero-order valence-corrected chi connectivity index (χ0v) is 8.88. The fraction of sp³-hybridized carbons (Fsp3) is 0.0714. The maximum Gasteiger partial charge on any atom is 0.0491 e. The zero-order chi connectivity index (χ0) is 10.8. The van der Waals surface area contributed by atoms with Gasteiger partial charge in [0.25, 0.3) is 0 Å². The summed E-state index contributed by atoms with van der Waals surface area (Å²) in [6.45, 7) is 0.876. The van der Waals surface area contributed by atoms with E-state index in [0.717, 1.165) is 6.54 Å². The lowest BCUT2D eigenvalue weighted by Crippen LogP contribution is -1.97. The van der Waals surface area contributed by atoms with Gasteiger partial charge in [-0.15, -0.1) is 0 Å². The van der Waals surface area contributed by atoms with Gasteiger partial charge in [0.05, 0.1) is 0 Å². The minimum Gasteiger partial charge on any atom is -0.343 e. The molecule has 2 heterocycles.